The lowest BCUT2D eigenvalue weighted by molar-refractivity contribution is -0.142. The maximum Gasteiger partial charge on any atom is 0.306 e. The Kier molecular flexibility index (Phi) is 4.49. The molecule has 20 heavy (non-hydrogen) atoms. The van der Waals surface area contributed by atoms with E-state index in [1.165, 1.54) is 6.07 Å². The molecule has 0 heterocycles. The number of anilines is 1. The number of amides is 1. The predicted molar refractivity (Wildman–Crippen MR) is 76.7 cm³/mol. The molecule has 1 saturated carbocycles. The van der Waals surface area contributed by atoms with E-state index in [4.69, 9.17) is 22.4 Å². The van der Waals surface area contributed by atoms with E-state index in [-0.39, 0.29) is 17.7 Å². The summed E-state index contributed by atoms with van der Waals surface area (Å²) in [6.45, 7) is 0.373. The van der Waals surface area contributed by atoms with Crippen LogP contribution in [0.2, 0.25) is 5.02 Å². The van der Waals surface area contributed by atoms with Gasteiger partial charge in [-0.15, -0.1) is 0 Å². The molecule has 1 amide bonds. The van der Waals surface area contributed by atoms with Crippen LogP contribution in [0, 0.1) is 11.8 Å². The third-order valence-electron chi connectivity index (χ3n) is 3.76. The fourth-order valence-corrected chi connectivity index (χ4v) is 2.73. The first kappa shape index (κ1) is 14.7. The van der Waals surface area contributed by atoms with Gasteiger partial charge in [-0.3, -0.25) is 9.59 Å². The molecule has 0 aromatic heterocycles. The average molecular weight is 297 g/mol. The quantitative estimate of drug-likeness (QED) is 0.742. The molecule has 5 nitrogen and oxygen atoms in total. The first-order chi connectivity index (χ1) is 9.49. The first-order valence-corrected chi connectivity index (χ1v) is 6.93. The maximum absolute atomic E-state index is 12.0. The number of nitrogens with two attached hydrogens (primary N) is 1. The van der Waals surface area contributed by atoms with Crippen LogP contribution in [0.3, 0.4) is 0 Å². The van der Waals surface area contributed by atoms with Gasteiger partial charge in [0.15, 0.2) is 0 Å². The van der Waals surface area contributed by atoms with E-state index in [0.717, 1.165) is 12.8 Å². The fourth-order valence-electron chi connectivity index (χ4n) is 2.62. The normalized spacial score (nSPS) is 21.6. The molecule has 1 aromatic rings. The van der Waals surface area contributed by atoms with Crippen molar-refractivity contribution in [3.63, 3.8) is 0 Å². The van der Waals surface area contributed by atoms with Crippen LogP contribution in [0.4, 0.5) is 5.69 Å². The number of aliphatic carboxylic acids is 1. The minimum Gasteiger partial charge on any atom is -0.481 e. The van der Waals surface area contributed by atoms with Crippen LogP contribution in [-0.4, -0.2) is 23.5 Å². The van der Waals surface area contributed by atoms with Crippen LogP contribution in [0.5, 0.6) is 0 Å². The average Bonchev–Trinajstić information content (AvgIpc) is 2.87. The topological polar surface area (TPSA) is 92.4 Å². The second-order valence-corrected chi connectivity index (χ2v) is 5.49. The number of rotatable bonds is 4. The highest BCUT2D eigenvalue weighted by Crippen LogP contribution is 2.31. The first-order valence-electron chi connectivity index (χ1n) is 6.55. The third-order valence-corrected chi connectivity index (χ3v) is 4.10. The van der Waals surface area contributed by atoms with Gasteiger partial charge in [0.25, 0.3) is 5.91 Å². The zero-order chi connectivity index (χ0) is 14.7. The zero-order valence-corrected chi connectivity index (χ0v) is 11.7. The van der Waals surface area contributed by atoms with Crippen LogP contribution in [0.25, 0.3) is 0 Å². The van der Waals surface area contributed by atoms with Crippen LogP contribution in [-0.2, 0) is 4.79 Å². The Balaban J connectivity index is 1.95. The number of carbonyl (C=O) groups excluding carboxylic acids is 1. The molecule has 0 radical (unpaired) electrons. The molecule has 1 aliphatic carbocycles. The molecular formula is C14H17ClN2O3. The largest absolute Gasteiger partial charge is 0.481 e. The van der Waals surface area contributed by atoms with Crippen molar-refractivity contribution >= 4 is 29.2 Å². The molecule has 1 fully saturated rings. The minimum atomic E-state index is -0.780. The summed E-state index contributed by atoms with van der Waals surface area (Å²) >= 11 is 5.80. The molecule has 0 bridgehead atoms. The zero-order valence-electron chi connectivity index (χ0n) is 10.9. The van der Waals surface area contributed by atoms with Crippen molar-refractivity contribution in [3.05, 3.63) is 28.8 Å². The number of carboxylic acids is 1. The Morgan fingerprint density at radius 1 is 1.40 bits per heavy atom. The summed E-state index contributed by atoms with van der Waals surface area (Å²) in [6.07, 6.45) is 2.41. The van der Waals surface area contributed by atoms with Crippen molar-refractivity contribution in [1.29, 1.82) is 0 Å². The van der Waals surface area contributed by atoms with Gasteiger partial charge in [-0.2, -0.15) is 0 Å². The van der Waals surface area contributed by atoms with E-state index in [2.05, 4.69) is 5.32 Å². The summed E-state index contributed by atoms with van der Waals surface area (Å²) in [5.74, 6) is -1.39. The van der Waals surface area contributed by atoms with E-state index in [1.807, 2.05) is 0 Å². The van der Waals surface area contributed by atoms with Gasteiger partial charge >= 0.3 is 5.97 Å². The molecule has 0 saturated heterocycles. The Morgan fingerprint density at radius 2 is 2.15 bits per heavy atom. The number of hydrogen-bond acceptors (Lipinski definition) is 3. The van der Waals surface area contributed by atoms with Crippen molar-refractivity contribution < 1.29 is 14.7 Å². The molecule has 2 atom stereocenters. The van der Waals surface area contributed by atoms with E-state index < -0.39 is 5.97 Å². The van der Waals surface area contributed by atoms with Gasteiger partial charge in [-0.1, -0.05) is 18.0 Å². The lowest BCUT2D eigenvalue weighted by Gasteiger charge is -2.16. The molecular weight excluding hydrogens is 280 g/mol. The minimum absolute atomic E-state index is 0.00102. The fraction of sp³-hybridized carbons (Fsp3) is 0.429. The van der Waals surface area contributed by atoms with Crippen molar-refractivity contribution in [2.24, 2.45) is 11.8 Å². The number of nitrogen functional groups attached to an aromatic ring is 1. The molecule has 1 aliphatic rings. The van der Waals surface area contributed by atoms with Crippen molar-refractivity contribution in [2.45, 2.75) is 19.3 Å². The summed E-state index contributed by atoms with van der Waals surface area (Å²) in [7, 11) is 0. The second kappa shape index (κ2) is 6.13. The highest BCUT2D eigenvalue weighted by Gasteiger charge is 2.32. The molecule has 6 heteroatoms. The molecule has 1 aromatic carbocycles. The number of benzene rings is 1. The molecule has 0 aliphatic heterocycles. The van der Waals surface area contributed by atoms with Crippen molar-refractivity contribution in [1.82, 2.24) is 5.32 Å². The summed E-state index contributed by atoms with van der Waals surface area (Å²) in [6, 6.07) is 4.68. The Morgan fingerprint density at radius 3 is 2.80 bits per heavy atom. The monoisotopic (exact) mass is 296 g/mol. The Bertz CT molecular complexity index is 533. The lowest BCUT2D eigenvalue weighted by Crippen LogP contribution is -2.33. The van der Waals surface area contributed by atoms with E-state index in [9.17, 15) is 9.59 Å². The number of carbonyl (C=O) groups is 2. The number of halogens is 1. The lowest BCUT2D eigenvalue weighted by atomic mass is 9.96. The maximum atomic E-state index is 12.0. The van der Waals surface area contributed by atoms with Crippen molar-refractivity contribution in [2.75, 3.05) is 12.3 Å². The molecule has 2 unspecified atom stereocenters. The number of hydrogen-bond donors (Lipinski definition) is 3. The molecule has 4 N–H and O–H groups in total. The Labute approximate surface area is 122 Å². The van der Waals surface area contributed by atoms with Gasteiger partial charge in [0.2, 0.25) is 0 Å². The van der Waals surface area contributed by atoms with Crippen LogP contribution >= 0.6 is 11.6 Å². The third kappa shape index (κ3) is 3.22. The molecule has 2 rings (SSSR count). The highest BCUT2D eigenvalue weighted by atomic mass is 35.5. The number of nitrogens with one attached hydrogen (secondary N) is 1. The summed E-state index contributed by atoms with van der Waals surface area (Å²) in [4.78, 5) is 23.0. The van der Waals surface area contributed by atoms with Crippen LogP contribution in [0.15, 0.2) is 18.2 Å². The molecule has 108 valence electrons. The molecule has 0 spiro atoms. The summed E-state index contributed by atoms with van der Waals surface area (Å²) in [5, 5.41) is 12.3. The van der Waals surface area contributed by atoms with Crippen LogP contribution in [0.1, 0.15) is 29.6 Å². The van der Waals surface area contributed by atoms with Crippen LogP contribution < -0.4 is 11.1 Å². The second-order valence-electron chi connectivity index (χ2n) is 5.08. The van der Waals surface area contributed by atoms with Gasteiger partial charge in [0, 0.05) is 12.1 Å². The van der Waals surface area contributed by atoms with Gasteiger partial charge in [0.1, 0.15) is 0 Å². The van der Waals surface area contributed by atoms with Gasteiger partial charge in [-0.25, -0.2) is 0 Å². The standard InChI is InChI=1S/C14H17ClN2O3/c15-11-5-4-8(6-12(11)16)13(18)17-7-9-2-1-3-10(9)14(19)20/h4-6,9-10H,1-3,7,16H2,(H,17,18)(H,19,20). The smallest absolute Gasteiger partial charge is 0.306 e. The highest BCUT2D eigenvalue weighted by molar-refractivity contribution is 6.33. The van der Waals surface area contributed by atoms with E-state index in [1.54, 1.807) is 12.1 Å². The van der Waals surface area contributed by atoms with Gasteiger partial charge < -0.3 is 16.2 Å². The van der Waals surface area contributed by atoms with Crippen molar-refractivity contribution in [3.8, 4) is 0 Å². The predicted octanol–water partition coefficient (Wildman–Crippen LogP) is 2.15. The van der Waals surface area contributed by atoms with Gasteiger partial charge in [0.05, 0.1) is 16.6 Å². The van der Waals surface area contributed by atoms with Gasteiger partial charge in [-0.05, 0) is 37.0 Å². The SMILES string of the molecule is Nc1cc(C(=O)NCC2CCCC2C(=O)O)ccc1Cl. The van der Waals surface area contributed by atoms with E-state index in [0.29, 0.717) is 29.2 Å². The van der Waals surface area contributed by atoms with E-state index >= 15 is 0 Å². The Hall–Kier alpha value is -1.75. The summed E-state index contributed by atoms with van der Waals surface area (Å²) < 4.78 is 0. The number of carboxylic acid groups (broad SMARTS) is 1. The summed E-state index contributed by atoms with van der Waals surface area (Å²) in [5.41, 5.74) is 6.43.